The first kappa shape index (κ1) is 11.7. The number of likely N-dealkylation sites (N-methyl/N-ethyl adjacent to an activating group) is 1. The fraction of sp³-hybridized carbons (Fsp3) is 0.308. The molecule has 0 fully saturated rings. The molecule has 80 valence electrons. The Kier molecular flexibility index (Phi) is 3.81. The molecule has 0 aromatic heterocycles. The fourth-order valence-corrected chi connectivity index (χ4v) is 1.47. The van der Waals surface area contributed by atoms with Gasteiger partial charge in [-0.2, -0.15) is 0 Å². The van der Waals surface area contributed by atoms with E-state index >= 15 is 0 Å². The number of benzene rings is 1. The van der Waals surface area contributed by atoms with Gasteiger partial charge in [0.05, 0.1) is 0 Å². The number of nitrogens with zero attached hydrogens (tertiary/aromatic N) is 1. The van der Waals surface area contributed by atoms with Crippen LogP contribution in [0.5, 0.6) is 0 Å². The van der Waals surface area contributed by atoms with E-state index in [2.05, 4.69) is 6.58 Å². The molecule has 1 rings (SSSR count). The first-order chi connectivity index (χ1) is 7.02. The van der Waals surface area contributed by atoms with Gasteiger partial charge in [-0.1, -0.05) is 30.8 Å². The molecule has 0 amide bonds. The summed E-state index contributed by atoms with van der Waals surface area (Å²) >= 11 is 0. The lowest BCUT2D eigenvalue weighted by atomic mass is 10.00. The molecule has 0 heterocycles. The molecule has 1 aromatic rings. The summed E-state index contributed by atoms with van der Waals surface area (Å²) in [6.07, 6.45) is 0. The molecule has 0 aliphatic rings. The van der Waals surface area contributed by atoms with E-state index in [1.54, 1.807) is 0 Å². The molecule has 0 saturated carbocycles. The van der Waals surface area contributed by atoms with E-state index in [-0.39, 0.29) is 5.78 Å². The Morgan fingerprint density at radius 3 is 2.47 bits per heavy atom. The molecule has 0 spiro atoms. The lowest BCUT2D eigenvalue weighted by molar-refractivity contribution is 0.102. The molecule has 0 N–H and O–H groups in total. The highest BCUT2D eigenvalue weighted by atomic mass is 16.1. The summed E-state index contributed by atoms with van der Waals surface area (Å²) in [6, 6.07) is 7.60. The van der Waals surface area contributed by atoms with Crippen LogP contribution in [-0.4, -0.2) is 31.3 Å². The quantitative estimate of drug-likeness (QED) is 0.553. The maximum Gasteiger partial charge on any atom is 0.189 e. The van der Waals surface area contributed by atoms with Crippen LogP contribution in [-0.2, 0) is 0 Å². The summed E-state index contributed by atoms with van der Waals surface area (Å²) in [5.74, 6) is 0.0433. The van der Waals surface area contributed by atoms with E-state index in [0.29, 0.717) is 12.1 Å². The van der Waals surface area contributed by atoms with Crippen LogP contribution in [0.15, 0.2) is 36.4 Å². The second kappa shape index (κ2) is 4.89. The van der Waals surface area contributed by atoms with E-state index < -0.39 is 0 Å². The Hall–Kier alpha value is -1.41. The Balaban J connectivity index is 2.86. The van der Waals surface area contributed by atoms with Gasteiger partial charge in [0.15, 0.2) is 5.78 Å². The second-order valence-corrected chi connectivity index (χ2v) is 3.99. The minimum Gasteiger partial charge on any atom is -0.305 e. The smallest absolute Gasteiger partial charge is 0.189 e. The van der Waals surface area contributed by atoms with Crippen LogP contribution >= 0.6 is 0 Å². The van der Waals surface area contributed by atoms with Crippen LogP contribution < -0.4 is 0 Å². The number of hydrogen-bond acceptors (Lipinski definition) is 2. The highest BCUT2D eigenvalue weighted by molar-refractivity contribution is 6.09. The fourth-order valence-electron chi connectivity index (χ4n) is 1.47. The number of rotatable bonds is 4. The molecule has 2 heteroatoms. The molecule has 1 aromatic carbocycles. The largest absolute Gasteiger partial charge is 0.305 e. The van der Waals surface area contributed by atoms with Crippen LogP contribution in [0.3, 0.4) is 0 Å². The summed E-state index contributed by atoms with van der Waals surface area (Å²) in [7, 11) is 3.85. The van der Waals surface area contributed by atoms with Crippen molar-refractivity contribution < 1.29 is 4.79 Å². The number of ketones is 1. The number of aryl methyl sites for hydroxylation is 1. The van der Waals surface area contributed by atoms with Crippen molar-refractivity contribution >= 4 is 5.78 Å². The van der Waals surface area contributed by atoms with Gasteiger partial charge in [-0.25, -0.2) is 0 Å². The Bertz CT molecular complexity index is 380. The number of carbonyl (C=O) groups excluding carboxylic acids is 1. The van der Waals surface area contributed by atoms with Gasteiger partial charge in [-0.05, 0) is 26.6 Å². The van der Waals surface area contributed by atoms with Crippen LogP contribution in [0.25, 0.3) is 0 Å². The molecule has 2 nitrogen and oxygen atoms in total. The van der Waals surface area contributed by atoms with Gasteiger partial charge in [-0.3, -0.25) is 4.79 Å². The van der Waals surface area contributed by atoms with Crippen molar-refractivity contribution in [2.24, 2.45) is 0 Å². The predicted molar refractivity (Wildman–Crippen MR) is 63.2 cm³/mol. The SMILES string of the molecule is C=C(CN(C)C)C(=O)c1ccccc1C. The van der Waals surface area contributed by atoms with E-state index in [1.807, 2.05) is 50.2 Å². The molecule has 0 aliphatic heterocycles. The molecule has 0 unspecified atom stereocenters. The highest BCUT2D eigenvalue weighted by Crippen LogP contribution is 2.12. The predicted octanol–water partition coefficient (Wildman–Crippen LogP) is 2.30. The summed E-state index contributed by atoms with van der Waals surface area (Å²) in [5.41, 5.74) is 2.39. The first-order valence-corrected chi connectivity index (χ1v) is 4.95. The van der Waals surface area contributed by atoms with Gasteiger partial charge in [0, 0.05) is 17.7 Å². The lowest BCUT2D eigenvalue weighted by Crippen LogP contribution is -2.19. The summed E-state index contributed by atoms with van der Waals surface area (Å²) in [6.45, 7) is 6.37. The van der Waals surface area contributed by atoms with Crippen LogP contribution in [0, 0.1) is 6.92 Å². The van der Waals surface area contributed by atoms with Gasteiger partial charge < -0.3 is 4.90 Å². The molecular formula is C13H17NO. The van der Waals surface area contributed by atoms with Gasteiger partial charge >= 0.3 is 0 Å². The molecular weight excluding hydrogens is 186 g/mol. The zero-order valence-corrected chi connectivity index (χ0v) is 9.58. The topological polar surface area (TPSA) is 20.3 Å². The van der Waals surface area contributed by atoms with Crippen molar-refractivity contribution in [1.82, 2.24) is 4.90 Å². The normalized spacial score (nSPS) is 10.4. The third kappa shape index (κ3) is 3.03. The van der Waals surface area contributed by atoms with Crippen molar-refractivity contribution in [3.63, 3.8) is 0 Å². The number of hydrogen-bond donors (Lipinski definition) is 0. The Labute approximate surface area is 91.2 Å². The molecule has 0 saturated heterocycles. The van der Waals surface area contributed by atoms with E-state index in [1.165, 1.54) is 0 Å². The average molecular weight is 203 g/mol. The summed E-state index contributed by atoms with van der Waals surface area (Å²) < 4.78 is 0. The summed E-state index contributed by atoms with van der Waals surface area (Å²) in [5, 5.41) is 0. The minimum atomic E-state index is 0.0433. The van der Waals surface area contributed by atoms with E-state index in [4.69, 9.17) is 0 Å². The lowest BCUT2D eigenvalue weighted by Gasteiger charge is -2.12. The molecule has 15 heavy (non-hydrogen) atoms. The standard InChI is InChI=1S/C13H17NO/c1-10-7-5-6-8-12(10)13(15)11(2)9-14(3)4/h5-8H,2,9H2,1,3-4H3. The maximum absolute atomic E-state index is 12.0. The maximum atomic E-state index is 12.0. The van der Waals surface area contributed by atoms with Crippen molar-refractivity contribution in [3.05, 3.63) is 47.5 Å². The molecule has 0 bridgehead atoms. The van der Waals surface area contributed by atoms with Gasteiger partial charge in [0.1, 0.15) is 0 Å². The van der Waals surface area contributed by atoms with Gasteiger partial charge in [0.2, 0.25) is 0 Å². The molecule has 0 radical (unpaired) electrons. The number of carbonyl (C=O) groups is 1. The number of Topliss-reactive ketones (excluding diaryl/α,β-unsaturated/α-hetero) is 1. The van der Waals surface area contributed by atoms with Crippen LogP contribution in [0.1, 0.15) is 15.9 Å². The van der Waals surface area contributed by atoms with Crippen molar-refractivity contribution in [2.45, 2.75) is 6.92 Å². The first-order valence-electron chi connectivity index (χ1n) is 4.95. The molecule has 0 aliphatic carbocycles. The highest BCUT2D eigenvalue weighted by Gasteiger charge is 2.12. The minimum absolute atomic E-state index is 0.0433. The third-order valence-electron chi connectivity index (χ3n) is 2.22. The van der Waals surface area contributed by atoms with Crippen molar-refractivity contribution in [2.75, 3.05) is 20.6 Å². The second-order valence-electron chi connectivity index (χ2n) is 3.99. The van der Waals surface area contributed by atoms with E-state index in [9.17, 15) is 4.79 Å². The van der Waals surface area contributed by atoms with Gasteiger partial charge in [0.25, 0.3) is 0 Å². The third-order valence-corrected chi connectivity index (χ3v) is 2.22. The molecule has 0 atom stereocenters. The Morgan fingerprint density at radius 1 is 1.33 bits per heavy atom. The Morgan fingerprint density at radius 2 is 1.93 bits per heavy atom. The van der Waals surface area contributed by atoms with Gasteiger partial charge in [-0.15, -0.1) is 0 Å². The van der Waals surface area contributed by atoms with E-state index in [0.717, 1.165) is 11.1 Å². The van der Waals surface area contributed by atoms with Crippen molar-refractivity contribution in [1.29, 1.82) is 0 Å². The summed E-state index contributed by atoms with van der Waals surface area (Å²) in [4.78, 5) is 13.9. The van der Waals surface area contributed by atoms with Crippen molar-refractivity contribution in [3.8, 4) is 0 Å². The zero-order valence-electron chi connectivity index (χ0n) is 9.58. The van der Waals surface area contributed by atoms with Crippen LogP contribution in [0.2, 0.25) is 0 Å². The average Bonchev–Trinajstić information content (AvgIpc) is 2.16. The van der Waals surface area contributed by atoms with Crippen LogP contribution in [0.4, 0.5) is 0 Å². The zero-order chi connectivity index (χ0) is 11.4. The monoisotopic (exact) mass is 203 g/mol.